The van der Waals surface area contributed by atoms with Gasteiger partial charge in [0.25, 0.3) is 0 Å². The summed E-state index contributed by atoms with van der Waals surface area (Å²) in [5, 5.41) is 5.90. The minimum atomic E-state index is 0.0643. The van der Waals surface area contributed by atoms with E-state index in [1.807, 2.05) is 6.21 Å². The maximum atomic E-state index is 11.6. The monoisotopic (exact) mass is 234 g/mol. The molecule has 1 aliphatic heterocycles. The number of carbonyl (C=O) groups is 1. The fourth-order valence-electron chi connectivity index (χ4n) is 3.58. The molecule has 2 aliphatic rings. The van der Waals surface area contributed by atoms with E-state index < -0.39 is 0 Å². The topological polar surface area (TPSA) is 32.7 Å². The average Bonchev–Trinajstić information content (AvgIpc) is 2.64. The largest absolute Gasteiger partial charge is 0.273 e. The first-order valence-electron chi connectivity index (χ1n) is 6.50. The Labute approximate surface area is 104 Å². The summed E-state index contributed by atoms with van der Waals surface area (Å²) >= 11 is 0. The van der Waals surface area contributed by atoms with Crippen molar-refractivity contribution in [2.75, 3.05) is 0 Å². The Hall–Kier alpha value is -1.12. The van der Waals surface area contributed by atoms with Crippen LogP contribution in [0.5, 0.6) is 0 Å². The van der Waals surface area contributed by atoms with Gasteiger partial charge in [0.05, 0.1) is 6.04 Å². The zero-order valence-electron chi connectivity index (χ0n) is 11.2. The lowest BCUT2D eigenvalue weighted by atomic mass is 9.70. The van der Waals surface area contributed by atoms with E-state index in [2.05, 4.69) is 31.9 Å². The number of hydrogen-bond acceptors (Lipinski definition) is 2. The summed E-state index contributed by atoms with van der Waals surface area (Å²) in [4.78, 5) is 11.6. The van der Waals surface area contributed by atoms with Gasteiger partial charge in [0.1, 0.15) is 0 Å². The summed E-state index contributed by atoms with van der Waals surface area (Å²) in [6.07, 6.45) is 6.31. The quantitative estimate of drug-likeness (QED) is 0.642. The molecule has 0 unspecified atom stereocenters. The van der Waals surface area contributed by atoms with Crippen LogP contribution in [-0.2, 0) is 4.79 Å². The smallest absolute Gasteiger partial charge is 0.239 e. The van der Waals surface area contributed by atoms with Crippen LogP contribution >= 0.6 is 0 Å². The SMILES string of the molecule is CC(=O)N1N=CC[C@@H]1[C@H]1[C@H](C)CC(C)=C[C@@H]1C. The Bertz CT molecular complexity index is 372. The van der Waals surface area contributed by atoms with Crippen LogP contribution in [0.1, 0.15) is 40.5 Å². The minimum Gasteiger partial charge on any atom is -0.273 e. The van der Waals surface area contributed by atoms with Crippen LogP contribution in [0, 0.1) is 17.8 Å². The number of amides is 1. The van der Waals surface area contributed by atoms with E-state index in [1.165, 1.54) is 5.57 Å². The number of nitrogens with zero attached hydrogens (tertiary/aromatic N) is 2. The van der Waals surface area contributed by atoms with Gasteiger partial charge in [-0.3, -0.25) is 4.79 Å². The molecule has 0 aromatic carbocycles. The highest BCUT2D eigenvalue weighted by Crippen LogP contribution is 2.39. The lowest BCUT2D eigenvalue weighted by Crippen LogP contribution is -2.43. The molecule has 1 heterocycles. The Balaban J connectivity index is 2.20. The lowest BCUT2D eigenvalue weighted by Gasteiger charge is -2.39. The first kappa shape index (κ1) is 12.3. The van der Waals surface area contributed by atoms with Gasteiger partial charge in [-0.05, 0) is 31.1 Å². The molecule has 1 aliphatic carbocycles. The number of carbonyl (C=O) groups excluding carboxylic acids is 1. The summed E-state index contributed by atoms with van der Waals surface area (Å²) in [5.74, 6) is 1.76. The molecule has 1 amide bonds. The number of allylic oxidation sites excluding steroid dienone is 2. The lowest BCUT2D eigenvalue weighted by molar-refractivity contribution is -0.132. The molecule has 94 valence electrons. The van der Waals surface area contributed by atoms with Crippen molar-refractivity contribution in [2.24, 2.45) is 22.9 Å². The van der Waals surface area contributed by atoms with Gasteiger partial charge in [0, 0.05) is 19.6 Å². The third kappa shape index (κ3) is 2.28. The van der Waals surface area contributed by atoms with Gasteiger partial charge in [-0.1, -0.05) is 25.5 Å². The second kappa shape index (κ2) is 4.63. The molecule has 3 heteroatoms. The van der Waals surface area contributed by atoms with Crippen LogP contribution in [0.15, 0.2) is 16.8 Å². The minimum absolute atomic E-state index is 0.0643. The molecular formula is C14H22N2O. The summed E-state index contributed by atoms with van der Waals surface area (Å²) in [6.45, 7) is 8.38. The normalized spacial score (nSPS) is 37.2. The van der Waals surface area contributed by atoms with Crippen LogP contribution in [0.25, 0.3) is 0 Å². The number of hydrazone groups is 1. The molecule has 0 aromatic heterocycles. The number of rotatable bonds is 1. The van der Waals surface area contributed by atoms with Crippen LogP contribution in [0.2, 0.25) is 0 Å². The second-order valence-corrected chi connectivity index (χ2v) is 5.60. The molecular weight excluding hydrogens is 212 g/mol. The highest BCUT2D eigenvalue weighted by atomic mass is 16.2. The van der Waals surface area contributed by atoms with E-state index in [4.69, 9.17) is 0 Å². The van der Waals surface area contributed by atoms with Crippen LogP contribution in [-0.4, -0.2) is 23.2 Å². The Morgan fingerprint density at radius 1 is 1.47 bits per heavy atom. The van der Waals surface area contributed by atoms with Gasteiger partial charge in [-0.2, -0.15) is 5.10 Å². The maximum Gasteiger partial charge on any atom is 0.239 e. The average molecular weight is 234 g/mol. The molecule has 3 nitrogen and oxygen atoms in total. The van der Waals surface area contributed by atoms with Gasteiger partial charge >= 0.3 is 0 Å². The third-order valence-corrected chi connectivity index (χ3v) is 4.09. The van der Waals surface area contributed by atoms with Crippen molar-refractivity contribution in [1.82, 2.24) is 5.01 Å². The summed E-state index contributed by atoms with van der Waals surface area (Å²) in [6, 6.07) is 0.266. The van der Waals surface area contributed by atoms with E-state index in [0.29, 0.717) is 17.8 Å². The zero-order chi connectivity index (χ0) is 12.6. The van der Waals surface area contributed by atoms with Crippen molar-refractivity contribution in [3.63, 3.8) is 0 Å². The van der Waals surface area contributed by atoms with Crippen LogP contribution < -0.4 is 0 Å². The van der Waals surface area contributed by atoms with Crippen molar-refractivity contribution < 1.29 is 4.79 Å². The fraction of sp³-hybridized carbons (Fsp3) is 0.714. The van der Waals surface area contributed by atoms with Crippen molar-refractivity contribution in [3.05, 3.63) is 11.6 Å². The summed E-state index contributed by atoms with van der Waals surface area (Å²) in [7, 11) is 0. The van der Waals surface area contributed by atoms with Gasteiger partial charge in [0.15, 0.2) is 0 Å². The second-order valence-electron chi connectivity index (χ2n) is 5.60. The third-order valence-electron chi connectivity index (χ3n) is 4.09. The predicted molar refractivity (Wildman–Crippen MR) is 69.6 cm³/mol. The van der Waals surface area contributed by atoms with E-state index in [-0.39, 0.29) is 11.9 Å². The zero-order valence-corrected chi connectivity index (χ0v) is 11.2. The highest BCUT2D eigenvalue weighted by Gasteiger charge is 2.39. The van der Waals surface area contributed by atoms with E-state index >= 15 is 0 Å². The van der Waals surface area contributed by atoms with Gasteiger partial charge in [0.2, 0.25) is 5.91 Å². The van der Waals surface area contributed by atoms with E-state index in [9.17, 15) is 4.79 Å². The molecule has 0 fully saturated rings. The van der Waals surface area contributed by atoms with Crippen molar-refractivity contribution in [3.8, 4) is 0 Å². The molecule has 0 saturated heterocycles. The number of hydrogen-bond donors (Lipinski definition) is 0. The molecule has 0 saturated carbocycles. The van der Waals surface area contributed by atoms with Crippen molar-refractivity contribution in [1.29, 1.82) is 0 Å². The molecule has 4 atom stereocenters. The Morgan fingerprint density at radius 3 is 2.76 bits per heavy atom. The first-order chi connectivity index (χ1) is 8.00. The summed E-state index contributed by atoms with van der Waals surface area (Å²) < 4.78 is 0. The standard InChI is InChI=1S/C14H22N2O/c1-9-7-10(2)14(11(3)8-9)13-5-6-15-16(13)12(4)17/h6-7,10-11,13-14H,5,8H2,1-4H3/t10-,11+,13+,14+/m0/s1. The van der Waals surface area contributed by atoms with Crippen LogP contribution in [0.4, 0.5) is 0 Å². The molecule has 0 spiro atoms. The molecule has 0 radical (unpaired) electrons. The highest BCUT2D eigenvalue weighted by molar-refractivity contribution is 5.77. The molecule has 0 aromatic rings. The van der Waals surface area contributed by atoms with Gasteiger partial charge < -0.3 is 0 Å². The molecule has 2 rings (SSSR count). The maximum absolute atomic E-state index is 11.6. The van der Waals surface area contributed by atoms with Gasteiger partial charge in [-0.25, -0.2) is 5.01 Å². The van der Waals surface area contributed by atoms with E-state index in [0.717, 1.165) is 12.8 Å². The molecule has 0 N–H and O–H groups in total. The van der Waals surface area contributed by atoms with Gasteiger partial charge in [-0.15, -0.1) is 0 Å². The summed E-state index contributed by atoms with van der Waals surface area (Å²) in [5.41, 5.74) is 1.48. The Kier molecular flexibility index (Phi) is 3.36. The van der Waals surface area contributed by atoms with Crippen molar-refractivity contribution in [2.45, 2.75) is 46.6 Å². The predicted octanol–water partition coefficient (Wildman–Crippen LogP) is 2.83. The van der Waals surface area contributed by atoms with Crippen molar-refractivity contribution >= 4 is 12.1 Å². The Morgan fingerprint density at radius 2 is 2.18 bits per heavy atom. The fourth-order valence-corrected chi connectivity index (χ4v) is 3.58. The first-order valence-corrected chi connectivity index (χ1v) is 6.50. The van der Waals surface area contributed by atoms with E-state index in [1.54, 1.807) is 11.9 Å². The molecule has 0 bridgehead atoms. The van der Waals surface area contributed by atoms with Crippen LogP contribution in [0.3, 0.4) is 0 Å². The molecule has 17 heavy (non-hydrogen) atoms.